The van der Waals surface area contributed by atoms with E-state index in [1.165, 1.54) is 0 Å². The zero-order valence-electron chi connectivity index (χ0n) is 13.6. The summed E-state index contributed by atoms with van der Waals surface area (Å²) >= 11 is 1.10. The van der Waals surface area contributed by atoms with Gasteiger partial charge in [-0.2, -0.15) is 0 Å². The predicted molar refractivity (Wildman–Crippen MR) is 92.3 cm³/mol. The highest BCUT2D eigenvalue weighted by Gasteiger charge is 2.37. The molecule has 7 nitrogen and oxygen atoms in total. The summed E-state index contributed by atoms with van der Waals surface area (Å²) in [5.41, 5.74) is -0.218. The van der Waals surface area contributed by atoms with Gasteiger partial charge in [0.25, 0.3) is 5.91 Å². The number of aryl methyl sites for hydroxylation is 1. The third-order valence-corrected chi connectivity index (χ3v) is 4.90. The van der Waals surface area contributed by atoms with Gasteiger partial charge in [-0.1, -0.05) is 23.9 Å². The molecule has 2 aromatic heterocycles. The molecule has 2 N–H and O–H groups in total. The van der Waals surface area contributed by atoms with Gasteiger partial charge in [0.15, 0.2) is 0 Å². The number of aromatic nitrogens is 3. The molecule has 8 heteroatoms. The van der Waals surface area contributed by atoms with Crippen molar-refractivity contribution < 1.29 is 9.90 Å². The first-order chi connectivity index (χ1) is 11.6. The van der Waals surface area contributed by atoms with Crippen LogP contribution in [0.25, 0.3) is 0 Å². The quantitative estimate of drug-likeness (QED) is 0.817. The van der Waals surface area contributed by atoms with E-state index in [1.807, 2.05) is 30.0 Å². The second kappa shape index (κ2) is 7.23. The molecule has 1 atom stereocenters. The van der Waals surface area contributed by atoms with Crippen LogP contribution in [0.5, 0.6) is 0 Å². The number of β-amino-alcohol motifs (C(OH)–C–C–N with tert-alkyl or cyclic N) is 1. The van der Waals surface area contributed by atoms with Crippen molar-refractivity contribution in [2.45, 2.75) is 31.8 Å². The Morgan fingerprint density at radius 1 is 1.50 bits per heavy atom. The molecule has 1 amide bonds. The van der Waals surface area contributed by atoms with Gasteiger partial charge in [-0.05, 0) is 36.5 Å². The van der Waals surface area contributed by atoms with E-state index in [4.69, 9.17) is 0 Å². The Balaban J connectivity index is 1.58. The first-order valence-corrected chi connectivity index (χ1v) is 8.86. The lowest BCUT2D eigenvalue weighted by atomic mass is 10.0. The molecule has 0 spiro atoms. The summed E-state index contributed by atoms with van der Waals surface area (Å²) in [5.74, 6) is 0.634. The fourth-order valence-electron chi connectivity index (χ4n) is 2.84. The molecule has 1 fully saturated rings. The third-order valence-electron chi connectivity index (χ3n) is 4.13. The minimum Gasteiger partial charge on any atom is -0.386 e. The van der Waals surface area contributed by atoms with Gasteiger partial charge in [0.1, 0.15) is 16.3 Å². The van der Waals surface area contributed by atoms with Crippen molar-refractivity contribution in [3.63, 3.8) is 0 Å². The number of carbonyl (C=O) groups excluding carboxylic acids is 1. The van der Waals surface area contributed by atoms with E-state index in [2.05, 4.69) is 19.9 Å². The molecule has 24 heavy (non-hydrogen) atoms. The van der Waals surface area contributed by atoms with Crippen molar-refractivity contribution in [2.24, 2.45) is 0 Å². The second-order valence-corrected chi connectivity index (χ2v) is 6.82. The molecule has 1 saturated heterocycles. The summed E-state index contributed by atoms with van der Waals surface area (Å²) < 4.78 is 3.86. The fraction of sp³-hybridized carbons (Fsp3) is 0.500. The number of nitrogens with zero attached hydrogens (tertiary/aromatic N) is 4. The van der Waals surface area contributed by atoms with Gasteiger partial charge < -0.3 is 15.3 Å². The molecule has 3 heterocycles. The molecular weight excluding hydrogens is 326 g/mol. The van der Waals surface area contributed by atoms with Crippen LogP contribution in [0.15, 0.2) is 24.4 Å². The number of aliphatic hydroxyl groups is 1. The summed E-state index contributed by atoms with van der Waals surface area (Å²) in [6.45, 7) is 3.41. The normalized spacial score (nSPS) is 20.3. The number of amides is 1. The molecule has 3 rings (SSSR count). The lowest BCUT2D eigenvalue weighted by Crippen LogP contribution is -2.45. The average molecular weight is 347 g/mol. The Morgan fingerprint density at radius 2 is 2.38 bits per heavy atom. The van der Waals surface area contributed by atoms with E-state index in [1.54, 1.807) is 6.20 Å². The molecule has 0 saturated carbocycles. The number of nitrogens with one attached hydrogen (secondary N) is 1. The fourth-order valence-corrected chi connectivity index (χ4v) is 3.47. The summed E-state index contributed by atoms with van der Waals surface area (Å²) in [4.78, 5) is 19.2. The van der Waals surface area contributed by atoms with Crippen LogP contribution in [0.3, 0.4) is 0 Å². The zero-order valence-corrected chi connectivity index (χ0v) is 14.4. The lowest BCUT2D eigenvalue weighted by Gasteiger charge is -2.24. The second-order valence-electron chi connectivity index (χ2n) is 6.07. The van der Waals surface area contributed by atoms with Crippen molar-refractivity contribution in [2.75, 3.05) is 24.5 Å². The predicted octanol–water partition coefficient (Wildman–Crippen LogP) is 1.26. The van der Waals surface area contributed by atoms with E-state index in [0.29, 0.717) is 24.4 Å². The zero-order chi connectivity index (χ0) is 17.0. The smallest absolute Gasteiger partial charge is 0.265 e. The van der Waals surface area contributed by atoms with Crippen molar-refractivity contribution in [3.05, 3.63) is 35.0 Å². The van der Waals surface area contributed by atoms with Gasteiger partial charge in [0, 0.05) is 25.8 Å². The molecule has 1 unspecified atom stereocenters. The monoisotopic (exact) mass is 347 g/mol. The molecule has 0 bridgehead atoms. The highest BCUT2D eigenvalue weighted by atomic mass is 32.1. The van der Waals surface area contributed by atoms with Crippen LogP contribution in [0.4, 0.5) is 5.82 Å². The SMILES string of the molecule is CCCc1nnsc1C(=O)NCC1(O)CCN(c2ccccn2)C1. The van der Waals surface area contributed by atoms with Crippen molar-refractivity contribution >= 4 is 23.3 Å². The van der Waals surface area contributed by atoms with Crippen LogP contribution in [-0.4, -0.2) is 50.8 Å². The molecule has 128 valence electrons. The van der Waals surface area contributed by atoms with E-state index in [0.717, 1.165) is 35.9 Å². The molecule has 0 aliphatic carbocycles. The molecule has 0 radical (unpaired) electrons. The first kappa shape index (κ1) is 16.8. The third kappa shape index (κ3) is 3.70. The highest BCUT2D eigenvalue weighted by molar-refractivity contribution is 7.08. The van der Waals surface area contributed by atoms with Gasteiger partial charge in [-0.15, -0.1) is 5.10 Å². The number of carbonyl (C=O) groups is 1. The Hall–Kier alpha value is -2.06. The molecule has 2 aromatic rings. The summed E-state index contributed by atoms with van der Waals surface area (Å²) in [7, 11) is 0. The Kier molecular flexibility index (Phi) is 5.06. The van der Waals surface area contributed by atoms with Crippen LogP contribution in [0, 0.1) is 0 Å². The maximum atomic E-state index is 12.3. The minimum absolute atomic E-state index is 0.207. The van der Waals surface area contributed by atoms with Gasteiger partial charge in [-0.3, -0.25) is 4.79 Å². The minimum atomic E-state index is -0.948. The van der Waals surface area contributed by atoms with Gasteiger partial charge in [0.2, 0.25) is 0 Å². The number of hydrogen-bond donors (Lipinski definition) is 2. The van der Waals surface area contributed by atoms with Crippen LogP contribution < -0.4 is 10.2 Å². The van der Waals surface area contributed by atoms with Gasteiger partial charge in [0.05, 0.1) is 5.69 Å². The Bertz CT molecular complexity index is 693. The molecule has 1 aliphatic heterocycles. The van der Waals surface area contributed by atoms with Crippen molar-refractivity contribution in [3.8, 4) is 0 Å². The van der Waals surface area contributed by atoms with Crippen LogP contribution in [0.1, 0.15) is 35.1 Å². The van der Waals surface area contributed by atoms with E-state index in [-0.39, 0.29) is 12.5 Å². The standard InChI is InChI=1S/C16H21N5O2S/c1-2-5-12-14(24-20-19-12)15(22)18-10-16(23)7-9-21(11-16)13-6-3-4-8-17-13/h3-4,6,8,23H,2,5,7,9-11H2,1H3,(H,18,22). The van der Waals surface area contributed by atoms with E-state index in [9.17, 15) is 9.90 Å². The van der Waals surface area contributed by atoms with Gasteiger partial charge in [-0.25, -0.2) is 4.98 Å². The summed E-state index contributed by atoms with van der Waals surface area (Å²) in [6, 6.07) is 5.71. The number of anilines is 1. The van der Waals surface area contributed by atoms with Crippen LogP contribution in [-0.2, 0) is 6.42 Å². The first-order valence-electron chi connectivity index (χ1n) is 8.09. The Labute approximate surface area is 144 Å². The molecule has 1 aliphatic rings. The number of rotatable bonds is 6. The number of hydrogen-bond acceptors (Lipinski definition) is 7. The lowest BCUT2D eigenvalue weighted by molar-refractivity contribution is 0.0576. The largest absolute Gasteiger partial charge is 0.386 e. The van der Waals surface area contributed by atoms with Crippen molar-refractivity contribution in [1.82, 2.24) is 19.9 Å². The highest BCUT2D eigenvalue weighted by Crippen LogP contribution is 2.25. The summed E-state index contributed by atoms with van der Waals surface area (Å²) in [6.07, 6.45) is 3.97. The van der Waals surface area contributed by atoms with Crippen LogP contribution in [0.2, 0.25) is 0 Å². The van der Waals surface area contributed by atoms with E-state index < -0.39 is 5.60 Å². The van der Waals surface area contributed by atoms with Crippen LogP contribution >= 0.6 is 11.5 Å². The maximum Gasteiger partial charge on any atom is 0.265 e. The summed E-state index contributed by atoms with van der Waals surface area (Å²) in [5, 5.41) is 17.6. The average Bonchev–Trinajstić information content (AvgIpc) is 3.21. The Morgan fingerprint density at radius 3 is 3.12 bits per heavy atom. The molecule has 0 aromatic carbocycles. The number of pyridine rings is 1. The molecular formula is C16H21N5O2S. The topological polar surface area (TPSA) is 91.2 Å². The maximum absolute atomic E-state index is 12.3. The van der Waals surface area contributed by atoms with E-state index >= 15 is 0 Å². The van der Waals surface area contributed by atoms with Crippen molar-refractivity contribution in [1.29, 1.82) is 0 Å². The van der Waals surface area contributed by atoms with Gasteiger partial charge >= 0.3 is 0 Å².